The van der Waals surface area contributed by atoms with Gasteiger partial charge < -0.3 is 10.4 Å². The molecule has 0 saturated carbocycles. The summed E-state index contributed by atoms with van der Waals surface area (Å²) in [6.07, 6.45) is -4.61. The summed E-state index contributed by atoms with van der Waals surface area (Å²) in [4.78, 5) is 11.8. The predicted molar refractivity (Wildman–Crippen MR) is 71.9 cm³/mol. The molecule has 0 aliphatic carbocycles. The number of benzene rings is 2. The topological polar surface area (TPSA) is 49.3 Å². The number of hydrogen-bond acceptors (Lipinski definition) is 2. The Morgan fingerprint density at radius 1 is 1.10 bits per heavy atom. The Morgan fingerprint density at radius 3 is 2.48 bits per heavy atom. The highest BCUT2D eigenvalue weighted by Gasteiger charge is 2.30. The number of nitrogens with one attached hydrogen (secondary N) is 1. The van der Waals surface area contributed by atoms with Crippen molar-refractivity contribution in [3.8, 4) is 5.75 Å². The molecule has 0 fully saturated rings. The van der Waals surface area contributed by atoms with E-state index in [0.717, 1.165) is 12.1 Å². The number of hydrogen-bond donors (Lipinski definition) is 2. The fourth-order valence-corrected chi connectivity index (χ4v) is 1.83. The maximum atomic E-state index is 12.6. The van der Waals surface area contributed by atoms with Crippen molar-refractivity contribution in [1.82, 2.24) is 0 Å². The van der Waals surface area contributed by atoms with E-state index in [9.17, 15) is 23.1 Å². The van der Waals surface area contributed by atoms with E-state index in [-0.39, 0.29) is 17.7 Å². The van der Waals surface area contributed by atoms with Crippen molar-refractivity contribution in [3.63, 3.8) is 0 Å². The van der Waals surface area contributed by atoms with E-state index in [2.05, 4.69) is 5.32 Å². The Hall–Kier alpha value is -2.50. The van der Waals surface area contributed by atoms with Crippen LogP contribution in [0.5, 0.6) is 5.75 Å². The van der Waals surface area contributed by atoms with Gasteiger partial charge in [-0.1, -0.05) is 24.3 Å². The third-order valence-corrected chi connectivity index (χ3v) is 2.75. The Labute approximate surface area is 119 Å². The van der Waals surface area contributed by atoms with E-state index >= 15 is 0 Å². The van der Waals surface area contributed by atoms with Crippen LogP contribution in [0.4, 0.5) is 18.9 Å². The molecule has 0 unspecified atom stereocenters. The van der Waals surface area contributed by atoms with Crippen LogP contribution in [0.2, 0.25) is 0 Å². The number of rotatable bonds is 3. The van der Waals surface area contributed by atoms with Gasteiger partial charge in [-0.25, -0.2) is 0 Å². The fourth-order valence-electron chi connectivity index (χ4n) is 1.83. The SMILES string of the molecule is O=C(Cc1cccc(C(F)(F)F)c1)Nc1cccc(O)c1. The molecule has 0 aliphatic rings. The minimum atomic E-state index is -4.43. The molecule has 0 radical (unpaired) electrons. The maximum absolute atomic E-state index is 12.6. The van der Waals surface area contributed by atoms with Crippen molar-refractivity contribution in [2.75, 3.05) is 5.32 Å². The Bertz CT molecular complexity index is 653. The van der Waals surface area contributed by atoms with Crippen molar-refractivity contribution in [3.05, 3.63) is 59.7 Å². The molecule has 2 aromatic carbocycles. The van der Waals surface area contributed by atoms with Gasteiger partial charge in [-0.05, 0) is 23.8 Å². The standard InChI is InChI=1S/C15H12F3NO2/c16-15(17,18)11-4-1-3-10(7-11)8-14(21)19-12-5-2-6-13(20)9-12/h1-7,9,20H,8H2,(H,19,21). The first-order valence-electron chi connectivity index (χ1n) is 6.09. The molecule has 3 nitrogen and oxygen atoms in total. The van der Waals surface area contributed by atoms with Gasteiger partial charge in [0.15, 0.2) is 0 Å². The first-order valence-corrected chi connectivity index (χ1v) is 6.09. The first-order chi connectivity index (χ1) is 9.84. The van der Waals surface area contributed by atoms with Gasteiger partial charge in [-0.15, -0.1) is 0 Å². The van der Waals surface area contributed by atoms with Crippen molar-refractivity contribution >= 4 is 11.6 Å². The van der Waals surface area contributed by atoms with E-state index in [1.54, 1.807) is 12.1 Å². The zero-order valence-corrected chi connectivity index (χ0v) is 10.8. The summed E-state index contributed by atoms with van der Waals surface area (Å²) in [7, 11) is 0. The summed E-state index contributed by atoms with van der Waals surface area (Å²) in [6.45, 7) is 0. The molecule has 0 aromatic heterocycles. The van der Waals surface area contributed by atoms with Crippen LogP contribution < -0.4 is 5.32 Å². The number of carbonyl (C=O) groups excluding carboxylic acids is 1. The van der Waals surface area contributed by atoms with Crippen LogP contribution in [0.15, 0.2) is 48.5 Å². The molecular weight excluding hydrogens is 283 g/mol. The molecule has 0 spiro atoms. The van der Waals surface area contributed by atoms with Crippen LogP contribution in [0.3, 0.4) is 0 Å². The number of carbonyl (C=O) groups is 1. The molecule has 2 aromatic rings. The van der Waals surface area contributed by atoms with Gasteiger partial charge in [0.2, 0.25) is 5.91 Å². The molecule has 0 heterocycles. The summed E-state index contributed by atoms with van der Waals surface area (Å²) in [6, 6.07) is 10.5. The number of halogens is 3. The Balaban J connectivity index is 2.06. The zero-order valence-electron chi connectivity index (χ0n) is 10.8. The van der Waals surface area contributed by atoms with Gasteiger partial charge in [-0.3, -0.25) is 4.79 Å². The Kier molecular flexibility index (Phi) is 4.16. The van der Waals surface area contributed by atoms with Crippen LogP contribution in [-0.2, 0) is 17.4 Å². The average Bonchev–Trinajstić information content (AvgIpc) is 2.37. The molecule has 21 heavy (non-hydrogen) atoms. The van der Waals surface area contributed by atoms with Gasteiger partial charge in [0.1, 0.15) is 5.75 Å². The Morgan fingerprint density at radius 2 is 1.81 bits per heavy atom. The molecule has 2 rings (SSSR count). The van der Waals surface area contributed by atoms with E-state index in [0.29, 0.717) is 5.69 Å². The maximum Gasteiger partial charge on any atom is 0.416 e. The lowest BCUT2D eigenvalue weighted by Crippen LogP contribution is -2.15. The fraction of sp³-hybridized carbons (Fsp3) is 0.133. The largest absolute Gasteiger partial charge is 0.508 e. The molecule has 0 aliphatic heterocycles. The van der Waals surface area contributed by atoms with Crippen molar-refractivity contribution in [2.45, 2.75) is 12.6 Å². The van der Waals surface area contributed by atoms with E-state index < -0.39 is 17.6 Å². The normalized spacial score (nSPS) is 11.2. The number of aromatic hydroxyl groups is 1. The van der Waals surface area contributed by atoms with E-state index in [4.69, 9.17) is 0 Å². The van der Waals surface area contributed by atoms with Crippen LogP contribution in [0.25, 0.3) is 0 Å². The van der Waals surface area contributed by atoms with Crippen LogP contribution in [0, 0.1) is 0 Å². The number of amides is 1. The quantitative estimate of drug-likeness (QED) is 0.909. The summed E-state index contributed by atoms with van der Waals surface area (Å²) >= 11 is 0. The number of phenolic OH excluding ortho intramolecular Hbond substituents is 1. The molecule has 110 valence electrons. The molecule has 0 atom stereocenters. The van der Waals surface area contributed by atoms with Gasteiger partial charge >= 0.3 is 6.18 Å². The summed E-state index contributed by atoms with van der Waals surface area (Å²) < 4.78 is 37.7. The summed E-state index contributed by atoms with van der Waals surface area (Å²) in [5.41, 5.74) is -0.139. The highest BCUT2D eigenvalue weighted by Crippen LogP contribution is 2.29. The molecule has 1 amide bonds. The lowest BCUT2D eigenvalue weighted by molar-refractivity contribution is -0.137. The third kappa shape index (κ3) is 4.24. The highest BCUT2D eigenvalue weighted by molar-refractivity contribution is 5.92. The number of phenols is 1. The molecular formula is C15H12F3NO2. The number of anilines is 1. The second-order valence-corrected chi connectivity index (χ2v) is 4.47. The minimum absolute atomic E-state index is 0.00753. The van der Waals surface area contributed by atoms with Crippen molar-refractivity contribution < 1.29 is 23.1 Å². The monoisotopic (exact) mass is 295 g/mol. The van der Waals surface area contributed by atoms with Crippen molar-refractivity contribution in [1.29, 1.82) is 0 Å². The highest BCUT2D eigenvalue weighted by atomic mass is 19.4. The molecule has 6 heteroatoms. The second kappa shape index (κ2) is 5.87. The predicted octanol–water partition coefficient (Wildman–Crippen LogP) is 3.59. The van der Waals surface area contributed by atoms with Gasteiger partial charge in [-0.2, -0.15) is 13.2 Å². The van der Waals surface area contributed by atoms with Crippen LogP contribution >= 0.6 is 0 Å². The van der Waals surface area contributed by atoms with Crippen LogP contribution in [-0.4, -0.2) is 11.0 Å². The summed E-state index contributed by atoms with van der Waals surface area (Å²) in [5, 5.41) is 11.8. The second-order valence-electron chi connectivity index (χ2n) is 4.47. The lowest BCUT2D eigenvalue weighted by Gasteiger charge is -2.09. The van der Waals surface area contributed by atoms with Crippen molar-refractivity contribution in [2.24, 2.45) is 0 Å². The molecule has 2 N–H and O–H groups in total. The van der Waals surface area contributed by atoms with Gasteiger partial charge in [0, 0.05) is 11.8 Å². The van der Waals surface area contributed by atoms with Crippen LogP contribution in [0.1, 0.15) is 11.1 Å². The minimum Gasteiger partial charge on any atom is -0.508 e. The first kappa shape index (κ1) is 14.9. The summed E-state index contributed by atoms with van der Waals surface area (Å²) in [5.74, 6) is -0.466. The molecule has 0 saturated heterocycles. The number of alkyl halides is 3. The van der Waals surface area contributed by atoms with Gasteiger partial charge in [0.25, 0.3) is 0 Å². The van der Waals surface area contributed by atoms with Gasteiger partial charge in [0.05, 0.1) is 12.0 Å². The average molecular weight is 295 g/mol. The van der Waals surface area contributed by atoms with E-state index in [1.165, 1.54) is 24.3 Å². The zero-order chi connectivity index (χ0) is 15.5. The third-order valence-electron chi connectivity index (χ3n) is 2.75. The lowest BCUT2D eigenvalue weighted by atomic mass is 10.1. The smallest absolute Gasteiger partial charge is 0.416 e. The van der Waals surface area contributed by atoms with E-state index in [1.807, 2.05) is 0 Å². The molecule has 0 bridgehead atoms.